The van der Waals surface area contributed by atoms with Crippen molar-refractivity contribution < 1.29 is 0 Å². The molecule has 30 heavy (non-hydrogen) atoms. The van der Waals surface area contributed by atoms with Crippen molar-refractivity contribution in [2.45, 2.75) is 104 Å². The Morgan fingerprint density at radius 1 is 0.700 bits per heavy atom. The Morgan fingerprint density at radius 3 is 2.03 bits per heavy atom. The first-order valence-electron chi connectivity index (χ1n) is 12.8. The molecule has 0 amide bonds. The zero-order chi connectivity index (χ0) is 21.0. The summed E-state index contributed by atoms with van der Waals surface area (Å²) in [4.78, 5) is 4.74. The third kappa shape index (κ3) is 7.56. The van der Waals surface area contributed by atoms with Crippen molar-refractivity contribution in [2.24, 2.45) is 11.8 Å². The summed E-state index contributed by atoms with van der Waals surface area (Å²) in [5.41, 5.74) is 5.21. The second-order valence-corrected chi connectivity index (χ2v) is 9.60. The Hall–Kier alpha value is -1.63. The van der Waals surface area contributed by atoms with E-state index in [2.05, 4.69) is 56.4 Å². The number of nitrogens with zero attached hydrogens (tertiary/aromatic N) is 1. The van der Waals surface area contributed by atoms with E-state index in [9.17, 15) is 0 Å². The molecule has 3 rings (SSSR count). The molecule has 0 saturated heterocycles. The van der Waals surface area contributed by atoms with Crippen LogP contribution in [0.2, 0.25) is 0 Å². The zero-order valence-electron chi connectivity index (χ0n) is 19.5. The number of unbranched alkanes of at least 4 members (excludes halogenated alkanes) is 5. The standard InChI is InChI=1S/C29H43N/c1-3-5-6-7-8-9-10-27-19-22-29(30-23-27)28-20-17-26(18-21-28)16-15-25-13-11-24(4-2)12-14-25/h17-25H,3-16H2,1-2H3/t24-,25-. The molecule has 0 bridgehead atoms. The average Bonchev–Trinajstić information content (AvgIpc) is 2.81. The lowest BCUT2D eigenvalue weighted by Crippen LogP contribution is -2.14. The highest BCUT2D eigenvalue weighted by atomic mass is 14.7. The largest absolute Gasteiger partial charge is 0.256 e. The Morgan fingerprint density at radius 2 is 1.37 bits per heavy atom. The minimum atomic E-state index is 0.952. The number of aromatic nitrogens is 1. The number of rotatable bonds is 12. The fraction of sp³-hybridized carbons (Fsp3) is 0.621. The summed E-state index contributed by atoms with van der Waals surface area (Å²) < 4.78 is 0. The third-order valence-electron chi connectivity index (χ3n) is 7.28. The molecular formula is C29H43N. The summed E-state index contributed by atoms with van der Waals surface area (Å²) in [5, 5.41) is 0. The lowest BCUT2D eigenvalue weighted by atomic mass is 9.78. The summed E-state index contributed by atoms with van der Waals surface area (Å²) in [5.74, 6) is 1.96. The Labute approximate surface area is 185 Å². The van der Waals surface area contributed by atoms with Crippen LogP contribution in [0.25, 0.3) is 11.3 Å². The van der Waals surface area contributed by atoms with Gasteiger partial charge in [-0.15, -0.1) is 0 Å². The van der Waals surface area contributed by atoms with Crippen molar-refractivity contribution in [3.63, 3.8) is 0 Å². The van der Waals surface area contributed by atoms with E-state index in [1.165, 1.54) is 107 Å². The highest BCUT2D eigenvalue weighted by molar-refractivity contribution is 5.59. The van der Waals surface area contributed by atoms with Crippen LogP contribution in [0.15, 0.2) is 42.6 Å². The molecule has 1 aliphatic carbocycles. The van der Waals surface area contributed by atoms with Gasteiger partial charge in [0, 0.05) is 11.8 Å². The quantitative estimate of drug-likeness (QED) is 0.321. The Bertz CT molecular complexity index is 692. The first kappa shape index (κ1) is 23.0. The van der Waals surface area contributed by atoms with E-state index in [1.54, 1.807) is 0 Å². The summed E-state index contributed by atoms with van der Waals surface area (Å²) in [6.07, 6.45) is 21.2. The molecule has 1 heterocycles. The maximum Gasteiger partial charge on any atom is 0.0702 e. The van der Waals surface area contributed by atoms with Crippen LogP contribution in [0.5, 0.6) is 0 Å². The second kappa shape index (κ2) is 12.9. The van der Waals surface area contributed by atoms with Gasteiger partial charge < -0.3 is 0 Å². The molecule has 0 spiro atoms. The number of hydrogen-bond donors (Lipinski definition) is 0. The molecule has 1 heteroatoms. The minimum absolute atomic E-state index is 0.952. The Balaban J connectivity index is 1.41. The lowest BCUT2D eigenvalue weighted by molar-refractivity contribution is 0.259. The number of aryl methyl sites for hydroxylation is 2. The van der Waals surface area contributed by atoms with Crippen molar-refractivity contribution in [1.82, 2.24) is 4.98 Å². The van der Waals surface area contributed by atoms with Gasteiger partial charge in [0.15, 0.2) is 0 Å². The fourth-order valence-corrected chi connectivity index (χ4v) is 4.99. The van der Waals surface area contributed by atoms with Crippen LogP contribution in [-0.2, 0) is 12.8 Å². The highest BCUT2D eigenvalue weighted by Gasteiger charge is 2.19. The van der Waals surface area contributed by atoms with Gasteiger partial charge in [0.2, 0.25) is 0 Å². The van der Waals surface area contributed by atoms with Crippen LogP contribution in [0, 0.1) is 11.8 Å². The maximum absolute atomic E-state index is 4.74. The van der Waals surface area contributed by atoms with Crippen LogP contribution in [0.1, 0.15) is 102 Å². The van der Waals surface area contributed by atoms with Crippen molar-refractivity contribution in [2.75, 3.05) is 0 Å². The van der Waals surface area contributed by atoms with Crippen LogP contribution in [-0.4, -0.2) is 4.98 Å². The van der Waals surface area contributed by atoms with Crippen molar-refractivity contribution in [3.8, 4) is 11.3 Å². The van der Waals surface area contributed by atoms with Crippen LogP contribution >= 0.6 is 0 Å². The summed E-state index contributed by atoms with van der Waals surface area (Å²) in [6, 6.07) is 13.6. The number of benzene rings is 1. The average molecular weight is 406 g/mol. The van der Waals surface area contributed by atoms with Crippen LogP contribution in [0.3, 0.4) is 0 Å². The third-order valence-corrected chi connectivity index (χ3v) is 7.28. The van der Waals surface area contributed by atoms with E-state index in [1.807, 2.05) is 0 Å². The molecule has 2 aromatic rings. The first-order chi connectivity index (χ1) is 14.8. The number of pyridine rings is 1. The SMILES string of the molecule is CCCCCCCCc1ccc(-c2ccc(CC[C@H]3CC[C@H](CC)CC3)cc2)nc1. The molecule has 0 atom stereocenters. The van der Waals surface area contributed by atoms with E-state index in [0.29, 0.717) is 0 Å². The normalized spacial score (nSPS) is 19.1. The minimum Gasteiger partial charge on any atom is -0.256 e. The smallest absolute Gasteiger partial charge is 0.0702 e. The van der Waals surface area contributed by atoms with Crippen LogP contribution in [0.4, 0.5) is 0 Å². The van der Waals surface area contributed by atoms with Gasteiger partial charge in [0.05, 0.1) is 5.69 Å². The summed E-state index contributed by atoms with van der Waals surface area (Å²) in [7, 11) is 0. The van der Waals surface area contributed by atoms with Crippen LogP contribution < -0.4 is 0 Å². The molecule has 1 saturated carbocycles. The molecule has 0 radical (unpaired) electrons. The van der Waals surface area contributed by atoms with E-state index in [-0.39, 0.29) is 0 Å². The van der Waals surface area contributed by atoms with Gasteiger partial charge >= 0.3 is 0 Å². The molecule has 0 unspecified atom stereocenters. The number of hydrogen-bond acceptors (Lipinski definition) is 1. The monoisotopic (exact) mass is 405 g/mol. The molecule has 1 fully saturated rings. The molecule has 1 aliphatic rings. The Kier molecular flexibility index (Phi) is 9.93. The van der Waals surface area contributed by atoms with Gasteiger partial charge in [-0.1, -0.05) is 108 Å². The topological polar surface area (TPSA) is 12.9 Å². The summed E-state index contributed by atoms with van der Waals surface area (Å²) in [6.45, 7) is 4.63. The second-order valence-electron chi connectivity index (χ2n) is 9.60. The van der Waals surface area contributed by atoms with Crippen molar-refractivity contribution in [3.05, 3.63) is 53.7 Å². The molecule has 1 aromatic carbocycles. The van der Waals surface area contributed by atoms with E-state index >= 15 is 0 Å². The maximum atomic E-state index is 4.74. The molecule has 164 valence electrons. The van der Waals surface area contributed by atoms with E-state index in [0.717, 1.165) is 17.5 Å². The van der Waals surface area contributed by atoms with Gasteiger partial charge in [0.1, 0.15) is 0 Å². The zero-order valence-corrected chi connectivity index (χ0v) is 19.5. The fourth-order valence-electron chi connectivity index (χ4n) is 4.99. The van der Waals surface area contributed by atoms with Gasteiger partial charge in [-0.2, -0.15) is 0 Å². The van der Waals surface area contributed by atoms with Crippen molar-refractivity contribution >= 4 is 0 Å². The van der Waals surface area contributed by atoms with Gasteiger partial charge in [-0.05, 0) is 54.7 Å². The lowest BCUT2D eigenvalue weighted by Gasteiger charge is -2.27. The van der Waals surface area contributed by atoms with Gasteiger partial charge in [-0.3, -0.25) is 4.98 Å². The molecular weight excluding hydrogens is 362 g/mol. The molecule has 0 N–H and O–H groups in total. The predicted molar refractivity (Wildman–Crippen MR) is 131 cm³/mol. The highest BCUT2D eigenvalue weighted by Crippen LogP contribution is 2.33. The molecule has 0 aliphatic heterocycles. The van der Waals surface area contributed by atoms with Gasteiger partial charge in [0.25, 0.3) is 0 Å². The van der Waals surface area contributed by atoms with Crippen molar-refractivity contribution in [1.29, 1.82) is 0 Å². The summed E-state index contributed by atoms with van der Waals surface area (Å²) >= 11 is 0. The predicted octanol–water partition coefficient (Wildman–Crippen LogP) is 8.80. The van der Waals surface area contributed by atoms with E-state index < -0.39 is 0 Å². The molecule has 1 nitrogen and oxygen atoms in total. The van der Waals surface area contributed by atoms with Gasteiger partial charge in [-0.25, -0.2) is 0 Å². The molecule has 1 aromatic heterocycles. The first-order valence-corrected chi connectivity index (χ1v) is 12.8. The van der Waals surface area contributed by atoms with E-state index in [4.69, 9.17) is 4.98 Å².